The number of rotatable bonds is 4. The molecule has 0 unspecified atom stereocenters. The molecule has 4 nitrogen and oxygen atoms in total. The Bertz CT molecular complexity index is 271. The van der Waals surface area contributed by atoms with Crippen molar-refractivity contribution in [2.75, 3.05) is 13.6 Å². The molecule has 0 heterocycles. The summed E-state index contributed by atoms with van der Waals surface area (Å²) in [6, 6.07) is 2.02. The Morgan fingerprint density at radius 3 is 2.20 bits per heavy atom. The second kappa shape index (κ2) is 4.63. The summed E-state index contributed by atoms with van der Waals surface area (Å²) in [6.07, 6.45) is 0.351. The van der Waals surface area contributed by atoms with Gasteiger partial charge in [0.15, 0.2) is 0 Å². The van der Waals surface area contributed by atoms with Gasteiger partial charge in [0.1, 0.15) is 0 Å². The van der Waals surface area contributed by atoms with E-state index in [2.05, 4.69) is 0 Å². The van der Waals surface area contributed by atoms with Crippen LogP contribution in [0, 0.1) is 16.7 Å². The number of carbonyl (C=O) groups excluding carboxylic acids is 1. The Labute approximate surface area is 92.0 Å². The first-order valence-corrected chi connectivity index (χ1v) is 5.06. The number of nitriles is 1. The predicted molar refractivity (Wildman–Crippen MR) is 59.9 cm³/mol. The molecule has 0 radical (unpaired) electrons. The van der Waals surface area contributed by atoms with Crippen molar-refractivity contribution in [2.45, 2.75) is 39.7 Å². The van der Waals surface area contributed by atoms with Crippen LogP contribution in [0.2, 0.25) is 0 Å². The molecular formula is C11H21N3O. The lowest BCUT2D eigenvalue weighted by atomic mass is 9.74. The lowest BCUT2D eigenvalue weighted by molar-refractivity contribution is -0.142. The zero-order valence-electron chi connectivity index (χ0n) is 10.3. The predicted octanol–water partition coefficient (Wildman–Crippen LogP) is 1.12. The van der Waals surface area contributed by atoms with Crippen molar-refractivity contribution >= 4 is 5.91 Å². The highest BCUT2D eigenvalue weighted by molar-refractivity contribution is 5.83. The summed E-state index contributed by atoms with van der Waals surface area (Å²) < 4.78 is 0. The van der Waals surface area contributed by atoms with Crippen LogP contribution in [0.3, 0.4) is 0 Å². The molecule has 0 fully saturated rings. The van der Waals surface area contributed by atoms with E-state index in [1.807, 2.05) is 33.8 Å². The minimum absolute atomic E-state index is 0.0229. The van der Waals surface area contributed by atoms with E-state index in [9.17, 15) is 4.79 Å². The van der Waals surface area contributed by atoms with Gasteiger partial charge >= 0.3 is 0 Å². The Hall–Kier alpha value is -1.08. The number of hydrogen-bond acceptors (Lipinski definition) is 3. The maximum Gasteiger partial charge on any atom is 0.229 e. The molecule has 0 spiro atoms. The van der Waals surface area contributed by atoms with Crippen LogP contribution in [0.1, 0.15) is 34.1 Å². The summed E-state index contributed by atoms with van der Waals surface area (Å²) >= 11 is 0. The van der Waals surface area contributed by atoms with Gasteiger partial charge in [0.05, 0.1) is 17.9 Å². The second-order valence-corrected chi connectivity index (χ2v) is 4.98. The van der Waals surface area contributed by atoms with Gasteiger partial charge in [-0.2, -0.15) is 5.26 Å². The van der Waals surface area contributed by atoms with E-state index in [0.717, 1.165) is 0 Å². The standard InChI is InChI=1S/C11H21N3O/c1-10(2,11(3,4)13)9(15)14(5)8-6-7-12/h6,8,13H2,1-5H3. The van der Waals surface area contributed by atoms with Crippen molar-refractivity contribution in [2.24, 2.45) is 11.1 Å². The first kappa shape index (κ1) is 13.9. The maximum absolute atomic E-state index is 12.1. The quantitative estimate of drug-likeness (QED) is 0.757. The Morgan fingerprint density at radius 2 is 1.87 bits per heavy atom. The summed E-state index contributed by atoms with van der Waals surface area (Å²) in [4.78, 5) is 13.6. The summed E-state index contributed by atoms with van der Waals surface area (Å²) in [5, 5.41) is 8.45. The van der Waals surface area contributed by atoms with Gasteiger partial charge in [-0.1, -0.05) is 0 Å². The third kappa shape index (κ3) is 3.21. The van der Waals surface area contributed by atoms with Crippen molar-refractivity contribution in [3.8, 4) is 6.07 Å². The smallest absolute Gasteiger partial charge is 0.229 e. The fourth-order valence-corrected chi connectivity index (χ4v) is 1.07. The molecule has 0 aliphatic heterocycles. The van der Waals surface area contributed by atoms with E-state index in [0.29, 0.717) is 13.0 Å². The molecular weight excluding hydrogens is 190 g/mol. The van der Waals surface area contributed by atoms with Crippen molar-refractivity contribution < 1.29 is 4.79 Å². The number of hydrogen-bond donors (Lipinski definition) is 1. The summed E-state index contributed by atoms with van der Waals surface area (Å²) in [7, 11) is 1.70. The molecule has 0 aromatic heterocycles. The summed E-state index contributed by atoms with van der Waals surface area (Å²) in [6.45, 7) is 7.79. The SMILES string of the molecule is CN(CCC#N)C(=O)C(C)(C)C(C)(C)N. The minimum atomic E-state index is -0.628. The Kier molecular flexibility index (Phi) is 4.29. The van der Waals surface area contributed by atoms with Gasteiger partial charge in [0, 0.05) is 19.1 Å². The Morgan fingerprint density at radius 1 is 1.40 bits per heavy atom. The molecule has 86 valence electrons. The first-order valence-electron chi connectivity index (χ1n) is 5.06. The van der Waals surface area contributed by atoms with Crippen LogP contribution in [0.4, 0.5) is 0 Å². The van der Waals surface area contributed by atoms with E-state index in [1.54, 1.807) is 11.9 Å². The number of carbonyl (C=O) groups is 1. The van der Waals surface area contributed by atoms with Gasteiger partial charge in [-0.05, 0) is 27.7 Å². The highest BCUT2D eigenvalue weighted by atomic mass is 16.2. The van der Waals surface area contributed by atoms with Crippen LogP contribution in [0.5, 0.6) is 0 Å². The average molecular weight is 211 g/mol. The number of nitrogens with two attached hydrogens (primary N) is 1. The van der Waals surface area contributed by atoms with Crippen molar-refractivity contribution in [3.05, 3.63) is 0 Å². The topological polar surface area (TPSA) is 70.1 Å². The van der Waals surface area contributed by atoms with E-state index in [1.165, 1.54) is 0 Å². The number of amides is 1. The fraction of sp³-hybridized carbons (Fsp3) is 0.818. The summed E-state index contributed by atoms with van der Waals surface area (Å²) in [5.74, 6) is -0.0229. The van der Waals surface area contributed by atoms with Gasteiger partial charge in [-0.3, -0.25) is 4.79 Å². The first-order chi connectivity index (χ1) is 6.64. The van der Waals surface area contributed by atoms with Crippen LogP contribution in [0.25, 0.3) is 0 Å². The molecule has 1 amide bonds. The maximum atomic E-state index is 12.1. The normalized spacial score (nSPS) is 12.1. The largest absolute Gasteiger partial charge is 0.344 e. The highest BCUT2D eigenvalue weighted by Crippen LogP contribution is 2.30. The highest BCUT2D eigenvalue weighted by Gasteiger charge is 2.41. The molecule has 0 rings (SSSR count). The molecule has 0 aromatic rings. The van der Waals surface area contributed by atoms with Gasteiger partial charge in [0.25, 0.3) is 0 Å². The van der Waals surface area contributed by atoms with Crippen LogP contribution < -0.4 is 5.73 Å². The van der Waals surface area contributed by atoms with Crippen LogP contribution in [0.15, 0.2) is 0 Å². The lowest BCUT2D eigenvalue weighted by Gasteiger charge is -2.39. The van der Waals surface area contributed by atoms with Crippen molar-refractivity contribution in [1.29, 1.82) is 5.26 Å². The Balaban J connectivity index is 4.64. The van der Waals surface area contributed by atoms with E-state index in [4.69, 9.17) is 11.0 Å². The van der Waals surface area contributed by atoms with E-state index < -0.39 is 11.0 Å². The summed E-state index contributed by atoms with van der Waals surface area (Å²) in [5.41, 5.74) is 4.76. The van der Waals surface area contributed by atoms with Crippen LogP contribution in [-0.4, -0.2) is 29.9 Å². The monoisotopic (exact) mass is 211 g/mol. The third-order valence-electron chi connectivity index (χ3n) is 3.05. The van der Waals surface area contributed by atoms with E-state index in [-0.39, 0.29) is 5.91 Å². The third-order valence-corrected chi connectivity index (χ3v) is 3.05. The van der Waals surface area contributed by atoms with Gasteiger partial charge < -0.3 is 10.6 Å². The zero-order chi connectivity index (χ0) is 12.3. The molecule has 0 bridgehead atoms. The van der Waals surface area contributed by atoms with Crippen molar-refractivity contribution in [3.63, 3.8) is 0 Å². The molecule has 0 saturated carbocycles. The van der Waals surface area contributed by atoms with Gasteiger partial charge in [-0.15, -0.1) is 0 Å². The van der Waals surface area contributed by atoms with Gasteiger partial charge in [-0.25, -0.2) is 0 Å². The average Bonchev–Trinajstić information content (AvgIpc) is 2.10. The van der Waals surface area contributed by atoms with Gasteiger partial charge in [0.2, 0.25) is 5.91 Å². The molecule has 2 N–H and O–H groups in total. The molecule has 4 heteroatoms. The van der Waals surface area contributed by atoms with E-state index >= 15 is 0 Å². The molecule has 0 atom stereocenters. The zero-order valence-corrected chi connectivity index (χ0v) is 10.3. The molecule has 0 saturated heterocycles. The molecule has 0 aliphatic carbocycles. The second-order valence-electron chi connectivity index (χ2n) is 4.98. The lowest BCUT2D eigenvalue weighted by Crippen LogP contribution is -2.55. The molecule has 15 heavy (non-hydrogen) atoms. The minimum Gasteiger partial charge on any atom is -0.344 e. The van der Waals surface area contributed by atoms with Crippen LogP contribution in [-0.2, 0) is 4.79 Å². The molecule has 0 aliphatic rings. The number of nitrogens with zero attached hydrogens (tertiary/aromatic N) is 2. The van der Waals surface area contributed by atoms with Crippen molar-refractivity contribution in [1.82, 2.24) is 4.90 Å². The van der Waals surface area contributed by atoms with Crippen LogP contribution >= 0.6 is 0 Å². The fourth-order valence-electron chi connectivity index (χ4n) is 1.07. The molecule has 0 aromatic carbocycles.